The van der Waals surface area contributed by atoms with Gasteiger partial charge in [0.05, 0.1) is 6.61 Å². The van der Waals surface area contributed by atoms with Crippen molar-refractivity contribution in [2.75, 3.05) is 39.9 Å². The van der Waals surface area contributed by atoms with Gasteiger partial charge in [0.1, 0.15) is 0 Å². The lowest BCUT2D eigenvalue weighted by Gasteiger charge is -2.32. The standard InChI is InChI=1S/C11H24N2O/c1-3-14-9-7-12-10-11-6-4-5-8-13(11)2/h11-12H,3-10H2,1-2H3. The minimum atomic E-state index is 0.741. The van der Waals surface area contributed by atoms with Gasteiger partial charge in [0.15, 0.2) is 0 Å². The van der Waals surface area contributed by atoms with E-state index in [1.54, 1.807) is 0 Å². The first-order valence-corrected chi connectivity index (χ1v) is 5.83. The molecular weight excluding hydrogens is 176 g/mol. The quantitative estimate of drug-likeness (QED) is 0.650. The first-order valence-electron chi connectivity index (χ1n) is 5.83. The van der Waals surface area contributed by atoms with E-state index in [0.29, 0.717) is 0 Å². The molecule has 14 heavy (non-hydrogen) atoms. The topological polar surface area (TPSA) is 24.5 Å². The van der Waals surface area contributed by atoms with Crippen LogP contribution in [0.2, 0.25) is 0 Å². The Labute approximate surface area is 87.8 Å². The third-order valence-corrected chi connectivity index (χ3v) is 2.93. The molecule has 1 unspecified atom stereocenters. The number of rotatable bonds is 6. The second-order valence-corrected chi connectivity index (χ2v) is 4.03. The summed E-state index contributed by atoms with van der Waals surface area (Å²) in [7, 11) is 2.23. The molecule has 0 aliphatic carbocycles. The van der Waals surface area contributed by atoms with Crippen molar-refractivity contribution in [2.24, 2.45) is 0 Å². The Morgan fingerprint density at radius 1 is 1.43 bits per heavy atom. The van der Waals surface area contributed by atoms with Crippen LogP contribution in [0.25, 0.3) is 0 Å². The minimum absolute atomic E-state index is 0.741. The van der Waals surface area contributed by atoms with E-state index in [9.17, 15) is 0 Å². The Balaban J connectivity index is 1.99. The van der Waals surface area contributed by atoms with Crippen molar-refractivity contribution in [1.29, 1.82) is 0 Å². The average molecular weight is 200 g/mol. The number of nitrogens with zero attached hydrogens (tertiary/aromatic N) is 1. The Kier molecular flexibility index (Phi) is 6.15. The first kappa shape index (κ1) is 12.0. The third kappa shape index (κ3) is 4.40. The van der Waals surface area contributed by atoms with Gasteiger partial charge in [-0.1, -0.05) is 6.42 Å². The molecule has 1 saturated heterocycles. The fraction of sp³-hybridized carbons (Fsp3) is 1.00. The molecule has 0 saturated carbocycles. The monoisotopic (exact) mass is 200 g/mol. The van der Waals surface area contributed by atoms with Gasteiger partial charge in [0.25, 0.3) is 0 Å². The molecule has 3 heteroatoms. The molecule has 0 amide bonds. The van der Waals surface area contributed by atoms with Crippen molar-refractivity contribution in [2.45, 2.75) is 32.2 Å². The fourth-order valence-electron chi connectivity index (χ4n) is 1.96. The second kappa shape index (κ2) is 7.21. The van der Waals surface area contributed by atoms with Gasteiger partial charge in [0, 0.05) is 25.7 Å². The van der Waals surface area contributed by atoms with Crippen LogP contribution in [0.4, 0.5) is 0 Å². The lowest BCUT2D eigenvalue weighted by Crippen LogP contribution is -2.43. The maximum absolute atomic E-state index is 5.27. The van der Waals surface area contributed by atoms with Crippen LogP contribution < -0.4 is 5.32 Å². The largest absolute Gasteiger partial charge is 0.380 e. The Bertz CT molecular complexity index is 141. The molecular formula is C11H24N2O. The summed E-state index contributed by atoms with van der Waals surface area (Å²) in [6.07, 6.45) is 4.10. The summed E-state index contributed by atoms with van der Waals surface area (Å²) in [5.74, 6) is 0. The van der Waals surface area contributed by atoms with Crippen LogP contribution in [0, 0.1) is 0 Å². The molecule has 1 heterocycles. The number of likely N-dealkylation sites (tertiary alicyclic amines) is 1. The molecule has 1 atom stereocenters. The summed E-state index contributed by atoms with van der Waals surface area (Å²) >= 11 is 0. The molecule has 0 aromatic carbocycles. The van der Waals surface area contributed by atoms with Crippen LogP contribution in [0.3, 0.4) is 0 Å². The third-order valence-electron chi connectivity index (χ3n) is 2.93. The molecule has 1 N–H and O–H groups in total. The highest BCUT2D eigenvalue weighted by atomic mass is 16.5. The summed E-state index contributed by atoms with van der Waals surface area (Å²) in [5.41, 5.74) is 0. The normalized spacial score (nSPS) is 24.0. The zero-order chi connectivity index (χ0) is 10.2. The zero-order valence-corrected chi connectivity index (χ0v) is 9.59. The van der Waals surface area contributed by atoms with Gasteiger partial charge in [-0.2, -0.15) is 0 Å². The zero-order valence-electron chi connectivity index (χ0n) is 9.59. The van der Waals surface area contributed by atoms with Crippen molar-refractivity contribution in [3.8, 4) is 0 Å². The van der Waals surface area contributed by atoms with Crippen LogP contribution in [0.15, 0.2) is 0 Å². The van der Waals surface area contributed by atoms with Gasteiger partial charge in [-0.05, 0) is 33.4 Å². The van der Waals surface area contributed by atoms with Gasteiger partial charge in [-0.25, -0.2) is 0 Å². The smallest absolute Gasteiger partial charge is 0.0590 e. The number of ether oxygens (including phenoxy) is 1. The van der Waals surface area contributed by atoms with Crippen molar-refractivity contribution in [3.63, 3.8) is 0 Å². The first-order chi connectivity index (χ1) is 6.84. The summed E-state index contributed by atoms with van der Waals surface area (Å²) < 4.78 is 5.27. The lowest BCUT2D eigenvalue weighted by molar-refractivity contribution is 0.141. The van der Waals surface area contributed by atoms with Crippen molar-refractivity contribution in [1.82, 2.24) is 10.2 Å². The van der Waals surface area contributed by atoms with Crippen LogP contribution in [0.1, 0.15) is 26.2 Å². The number of piperidine rings is 1. The SMILES string of the molecule is CCOCCNCC1CCCCN1C. The van der Waals surface area contributed by atoms with E-state index in [4.69, 9.17) is 4.74 Å². The Hall–Kier alpha value is -0.120. The predicted molar refractivity (Wildman–Crippen MR) is 59.6 cm³/mol. The Morgan fingerprint density at radius 2 is 2.29 bits per heavy atom. The van der Waals surface area contributed by atoms with Gasteiger partial charge in [0.2, 0.25) is 0 Å². The van der Waals surface area contributed by atoms with Crippen molar-refractivity contribution in [3.05, 3.63) is 0 Å². The van der Waals surface area contributed by atoms with Gasteiger partial charge in [-0.3, -0.25) is 0 Å². The highest BCUT2D eigenvalue weighted by Crippen LogP contribution is 2.13. The predicted octanol–water partition coefficient (Wildman–Crippen LogP) is 1.10. The summed E-state index contributed by atoms with van der Waals surface area (Å²) in [6.45, 7) is 7.06. The molecule has 3 nitrogen and oxygen atoms in total. The molecule has 0 aromatic rings. The number of hydrogen-bond donors (Lipinski definition) is 1. The maximum Gasteiger partial charge on any atom is 0.0590 e. The second-order valence-electron chi connectivity index (χ2n) is 4.03. The lowest BCUT2D eigenvalue weighted by atomic mass is 10.0. The molecule has 0 radical (unpaired) electrons. The highest BCUT2D eigenvalue weighted by Gasteiger charge is 2.17. The van der Waals surface area contributed by atoms with Gasteiger partial charge in [-0.15, -0.1) is 0 Å². The van der Waals surface area contributed by atoms with E-state index >= 15 is 0 Å². The van der Waals surface area contributed by atoms with Crippen LogP contribution >= 0.6 is 0 Å². The van der Waals surface area contributed by atoms with Gasteiger partial charge < -0.3 is 15.0 Å². The molecule has 0 aromatic heterocycles. The van der Waals surface area contributed by atoms with E-state index in [0.717, 1.165) is 32.3 Å². The van der Waals surface area contributed by atoms with Gasteiger partial charge >= 0.3 is 0 Å². The molecule has 0 spiro atoms. The van der Waals surface area contributed by atoms with Crippen LogP contribution in [-0.2, 0) is 4.74 Å². The van der Waals surface area contributed by atoms with E-state index in [-0.39, 0.29) is 0 Å². The van der Waals surface area contributed by atoms with Crippen molar-refractivity contribution >= 4 is 0 Å². The molecule has 1 aliphatic heterocycles. The average Bonchev–Trinajstić information content (AvgIpc) is 2.20. The minimum Gasteiger partial charge on any atom is -0.380 e. The summed E-state index contributed by atoms with van der Waals surface area (Å²) in [6, 6.07) is 0.741. The number of likely N-dealkylation sites (N-methyl/N-ethyl adjacent to an activating group) is 1. The maximum atomic E-state index is 5.27. The summed E-state index contributed by atoms with van der Waals surface area (Å²) in [5, 5.41) is 3.45. The van der Waals surface area contributed by atoms with Crippen molar-refractivity contribution < 1.29 is 4.74 Å². The van der Waals surface area contributed by atoms with Crippen LogP contribution in [-0.4, -0.2) is 50.8 Å². The molecule has 1 rings (SSSR count). The van der Waals surface area contributed by atoms with E-state index in [1.165, 1.54) is 25.8 Å². The van der Waals surface area contributed by atoms with Crippen LogP contribution in [0.5, 0.6) is 0 Å². The van der Waals surface area contributed by atoms with E-state index in [1.807, 2.05) is 6.92 Å². The van der Waals surface area contributed by atoms with E-state index < -0.39 is 0 Å². The molecule has 1 fully saturated rings. The molecule has 1 aliphatic rings. The molecule has 0 bridgehead atoms. The highest BCUT2D eigenvalue weighted by molar-refractivity contribution is 4.75. The summed E-state index contributed by atoms with van der Waals surface area (Å²) in [4.78, 5) is 2.47. The Morgan fingerprint density at radius 3 is 3.00 bits per heavy atom. The number of nitrogens with one attached hydrogen (secondary N) is 1. The fourth-order valence-corrected chi connectivity index (χ4v) is 1.96. The van der Waals surface area contributed by atoms with E-state index in [2.05, 4.69) is 17.3 Å². The number of hydrogen-bond acceptors (Lipinski definition) is 3. The molecule has 84 valence electrons.